The van der Waals surface area contributed by atoms with Crippen LogP contribution in [0.4, 0.5) is 13.2 Å². The Morgan fingerprint density at radius 3 is 2.14 bits per heavy atom. The van der Waals surface area contributed by atoms with E-state index in [1.54, 1.807) is 0 Å². The molecule has 1 aromatic carbocycles. The maximum atomic E-state index is 13.2. The van der Waals surface area contributed by atoms with Crippen molar-refractivity contribution >= 4 is 0 Å². The summed E-state index contributed by atoms with van der Waals surface area (Å²) in [6.45, 7) is 3.42. The lowest BCUT2D eigenvalue weighted by Crippen LogP contribution is -2.17. The molecule has 1 rings (SSSR count). The molecule has 0 saturated heterocycles. The van der Waals surface area contributed by atoms with Crippen LogP contribution in [0.3, 0.4) is 0 Å². The third-order valence-electron chi connectivity index (χ3n) is 1.90. The predicted molar refractivity (Wildman–Crippen MR) is 48.3 cm³/mol. The van der Waals surface area contributed by atoms with Gasteiger partial charge in [0.2, 0.25) is 0 Å². The molecule has 0 heterocycles. The van der Waals surface area contributed by atoms with Gasteiger partial charge in [-0.25, -0.2) is 13.2 Å². The van der Waals surface area contributed by atoms with Gasteiger partial charge >= 0.3 is 0 Å². The highest BCUT2D eigenvalue weighted by Crippen LogP contribution is 2.22. The molecule has 0 spiro atoms. The molecule has 0 aromatic heterocycles. The smallest absolute Gasteiger partial charge is 0.134 e. The number of hydrogen-bond acceptors (Lipinski definition) is 1. The van der Waals surface area contributed by atoms with Gasteiger partial charge in [-0.05, 0) is 7.05 Å². The van der Waals surface area contributed by atoms with Gasteiger partial charge in [0.25, 0.3) is 0 Å². The summed E-state index contributed by atoms with van der Waals surface area (Å²) >= 11 is 0. The first-order valence-corrected chi connectivity index (χ1v) is 4.04. The van der Waals surface area contributed by atoms with E-state index in [0.29, 0.717) is 12.1 Å². The Hall–Kier alpha value is -1.29. The van der Waals surface area contributed by atoms with Crippen molar-refractivity contribution in [2.45, 2.75) is 6.04 Å². The van der Waals surface area contributed by atoms with Crippen molar-refractivity contribution in [1.82, 2.24) is 5.32 Å². The molecular formula is C10H10F3N. The Morgan fingerprint density at radius 2 is 1.79 bits per heavy atom. The summed E-state index contributed by atoms with van der Waals surface area (Å²) in [6.07, 6.45) is 1.35. The Labute approximate surface area is 80.2 Å². The van der Waals surface area contributed by atoms with Crippen LogP contribution < -0.4 is 5.32 Å². The second-order valence-corrected chi connectivity index (χ2v) is 2.79. The summed E-state index contributed by atoms with van der Waals surface area (Å²) in [5, 5.41) is 2.65. The normalized spacial score (nSPS) is 12.6. The van der Waals surface area contributed by atoms with E-state index < -0.39 is 23.5 Å². The lowest BCUT2D eigenvalue weighted by molar-refractivity contribution is 0.504. The molecule has 0 aliphatic carbocycles. The molecule has 1 atom stereocenters. The summed E-state index contributed by atoms with van der Waals surface area (Å²) in [6, 6.07) is 0.633. The predicted octanol–water partition coefficient (Wildman–Crippen LogP) is 2.55. The zero-order chi connectivity index (χ0) is 10.7. The Balaban J connectivity index is 3.25. The van der Waals surface area contributed by atoms with E-state index in [1.807, 2.05) is 0 Å². The van der Waals surface area contributed by atoms with Gasteiger partial charge < -0.3 is 5.32 Å². The minimum Gasteiger partial charge on any atom is -0.310 e. The molecule has 0 aliphatic rings. The van der Waals surface area contributed by atoms with Crippen LogP contribution in [-0.2, 0) is 0 Å². The summed E-state index contributed by atoms with van der Waals surface area (Å²) in [4.78, 5) is 0. The van der Waals surface area contributed by atoms with Crippen molar-refractivity contribution in [2.24, 2.45) is 0 Å². The maximum absolute atomic E-state index is 13.2. The van der Waals surface area contributed by atoms with Crippen LogP contribution >= 0.6 is 0 Å². The number of hydrogen-bond donors (Lipinski definition) is 1. The lowest BCUT2D eigenvalue weighted by Gasteiger charge is -2.13. The van der Waals surface area contributed by atoms with Gasteiger partial charge in [0.15, 0.2) is 0 Å². The van der Waals surface area contributed by atoms with Gasteiger partial charge in [0, 0.05) is 17.7 Å². The molecule has 1 N–H and O–H groups in total. The van der Waals surface area contributed by atoms with Crippen molar-refractivity contribution in [3.63, 3.8) is 0 Å². The minimum atomic E-state index is -0.928. The van der Waals surface area contributed by atoms with E-state index in [-0.39, 0.29) is 5.56 Å². The Bertz CT molecular complexity index is 326. The fourth-order valence-electron chi connectivity index (χ4n) is 1.23. The van der Waals surface area contributed by atoms with Gasteiger partial charge in [-0.2, -0.15) is 0 Å². The highest BCUT2D eigenvalue weighted by atomic mass is 19.1. The molecule has 0 bridgehead atoms. The zero-order valence-corrected chi connectivity index (χ0v) is 7.65. The maximum Gasteiger partial charge on any atom is 0.134 e. The second kappa shape index (κ2) is 4.28. The fourth-order valence-corrected chi connectivity index (χ4v) is 1.23. The molecule has 1 aromatic rings. The first-order valence-electron chi connectivity index (χ1n) is 4.04. The molecular weight excluding hydrogens is 191 g/mol. The Morgan fingerprint density at radius 1 is 1.29 bits per heavy atom. The number of halogens is 3. The van der Waals surface area contributed by atoms with E-state index in [2.05, 4.69) is 11.9 Å². The third-order valence-corrected chi connectivity index (χ3v) is 1.90. The average Bonchev–Trinajstić information content (AvgIpc) is 2.10. The van der Waals surface area contributed by atoms with E-state index >= 15 is 0 Å². The number of benzene rings is 1. The van der Waals surface area contributed by atoms with Crippen molar-refractivity contribution in [2.75, 3.05) is 7.05 Å². The molecule has 14 heavy (non-hydrogen) atoms. The fraction of sp³-hybridized carbons (Fsp3) is 0.200. The SMILES string of the molecule is C=CC(NC)c1c(F)cc(F)cc1F. The van der Waals surface area contributed by atoms with Gasteiger partial charge in [0.05, 0.1) is 6.04 Å². The lowest BCUT2D eigenvalue weighted by atomic mass is 10.1. The van der Waals surface area contributed by atoms with E-state index in [1.165, 1.54) is 13.1 Å². The van der Waals surface area contributed by atoms with Crippen LogP contribution in [0.15, 0.2) is 24.8 Å². The van der Waals surface area contributed by atoms with Gasteiger partial charge in [-0.3, -0.25) is 0 Å². The van der Waals surface area contributed by atoms with Crippen LogP contribution in [0.2, 0.25) is 0 Å². The minimum absolute atomic E-state index is 0.219. The molecule has 0 amide bonds. The van der Waals surface area contributed by atoms with Crippen molar-refractivity contribution in [3.05, 3.63) is 47.8 Å². The van der Waals surface area contributed by atoms with E-state index in [9.17, 15) is 13.2 Å². The highest BCUT2D eigenvalue weighted by molar-refractivity contribution is 5.26. The second-order valence-electron chi connectivity index (χ2n) is 2.79. The van der Waals surface area contributed by atoms with Crippen molar-refractivity contribution in [3.8, 4) is 0 Å². The standard InChI is InChI=1S/C10H10F3N/c1-3-9(14-2)10-7(12)4-6(11)5-8(10)13/h3-5,9,14H,1H2,2H3. The molecule has 1 unspecified atom stereocenters. The van der Waals surface area contributed by atoms with Gasteiger partial charge in [-0.15, -0.1) is 6.58 Å². The number of rotatable bonds is 3. The summed E-state index contributed by atoms with van der Waals surface area (Å²) in [5.41, 5.74) is -0.219. The molecule has 4 heteroatoms. The molecule has 0 aliphatic heterocycles. The monoisotopic (exact) mass is 201 g/mol. The first-order chi connectivity index (χ1) is 6.60. The first kappa shape index (κ1) is 10.8. The zero-order valence-electron chi connectivity index (χ0n) is 7.65. The van der Waals surface area contributed by atoms with Gasteiger partial charge in [-0.1, -0.05) is 6.08 Å². The van der Waals surface area contributed by atoms with Gasteiger partial charge in [0.1, 0.15) is 17.5 Å². The molecule has 0 fully saturated rings. The van der Waals surface area contributed by atoms with Crippen LogP contribution in [-0.4, -0.2) is 7.05 Å². The average molecular weight is 201 g/mol. The quantitative estimate of drug-likeness (QED) is 0.741. The highest BCUT2D eigenvalue weighted by Gasteiger charge is 2.17. The summed E-state index contributed by atoms with van der Waals surface area (Å²) in [5.74, 6) is -2.76. The van der Waals surface area contributed by atoms with Crippen LogP contribution in [0, 0.1) is 17.5 Å². The van der Waals surface area contributed by atoms with E-state index in [0.717, 1.165) is 0 Å². The van der Waals surface area contributed by atoms with E-state index in [4.69, 9.17) is 0 Å². The van der Waals surface area contributed by atoms with Crippen LogP contribution in [0.25, 0.3) is 0 Å². The molecule has 0 radical (unpaired) electrons. The van der Waals surface area contributed by atoms with Crippen LogP contribution in [0.1, 0.15) is 11.6 Å². The van der Waals surface area contributed by atoms with Crippen molar-refractivity contribution < 1.29 is 13.2 Å². The number of nitrogens with one attached hydrogen (secondary N) is 1. The Kier molecular flexibility index (Phi) is 3.30. The molecule has 1 nitrogen and oxygen atoms in total. The third kappa shape index (κ3) is 1.96. The summed E-state index contributed by atoms with van der Waals surface area (Å²) < 4.78 is 38.9. The van der Waals surface area contributed by atoms with Crippen molar-refractivity contribution in [1.29, 1.82) is 0 Å². The van der Waals surface area contributed by atoms with Crippen LogP contribution in [0.5, 0.6) is 0 Å². The summed E-state index contributed by atoms with van der Waals surface area (Å²) in [7, 11) is 1.54. The molecule has 0 saturated carbocycles. The largest absolute Gasteiger partial charge is 0.310 e. The topological polar surface area (TPSA) is 12.0 Å². The molecule has 76 valence electrons. The number of likely N-dealkylation sites (N-methyl/N-ethyl adjacent to an activating group) is 1.